The van der Waals surface area contributed by atoms with Gasteiger partial charge in [-0.15, -0.1) is 0 Å². The van der Waals surface area contributed by atoms with Gasteiger partial charge < -0.3 is 24.4 Å². The fraction of sp³-hybridized carbons (Fsp3) is 0.409. The summed E-state index contributed by atoms with van der Waals surface area (Å²) in [6.07, 6.45) is 0.158. The van der Waals surface area contributed by atoms with E-state index >= 15 is 0 Å². The van der Waals surface area contributed by atoms with E-state index in [2.05, 4.69) is 5.32 Å². The Kier molecular flexibility index (Phi) is 8.28. The zero-order valence-electron chi connectivity index (χ0n) is 19.1. The monoisotopic (exact) mass is 499 g/mol. The zero-order valence-corrected chi connectivity index (χ0v) is 20.0. The lowest BCUT2D eigenvalue weighted by molar-refractivity contribution is -0.116. The van der Waals surface area contributed by atoms with Crippen molar-refractivity contribution in [3.8, 4) is 17.2 Å². The molecule has 0 spiro atoms. The Balaban J connectivity index is 1.55. The Morgan fingerprint density at radius 2 is 1.53 bits per heavy atom. The van der Waals surface area contributed by atoms with Gasteiger partial charge in [0.1, 0.15) is 11.6 Å². The van der Waals surface area contributed by atoms with Gasteiger partial charge in [0.25, 0.3) is 0 Å². The average Bonchev–Trinajstić information content (AvgIpc) is 2.82. The minimum absolute atomic E-state index is 0.0601. The van der Waals surface area contributed by atoms with E-state index in [1.165, 1.54) is 21.3 Å². The molecule has 0 atom stereocenters. The molecule has 1 N–H and O–H groups in total. The second-order valence-electron chi connectivity index (χ2n) is 7.51. The van der Waals surface area contributed by atoms with Crippen molar-refractivity contribution in [1.29, 1.82) is 0 Å². The second kappa shape index (κ2) is 11.0. The molecular formula is C22H27F2N3O6S. The SMILES string of the molecule is COc1cc(NC(=O)CCN2CCN(S(=O)(=O)c3c(F)cccc3F)CC2)cc(OC)c1OC. The van der Waals surface area contributed by atoms with Crippen molar-refractivity contribution in [2.75, 3.05) is 59.4 Å². The van der Waals surface area contributed by atoms with Crippen molar-refractivity contribution >= 4 is 21.6 Å². The van der Waals surface area contributed by atoms with Crippen molar-refractivity contribution in [1.82, 2.24) is 9.21 Å². The number of rotatable bonds is 9. The third kappa shape index (κ3) is 5.57. The first-order valence-corrected chi connectivity index (χ1v) is 11.9. The predicted molar refractivity (Wildman–Crippen MR) is 121 cm³/mol. The number of carbonyl (C=O) groups is 1. The zero-order chi connectivity index (χ0) is 24.9. The highest BCUT2D eigenvalue weighted by atomic mass is 32.2. The molecule has 34 heavy (non-hydrogen) atoms. The molecule has 0 aromatic heterocycles. The predicted octanol–water partition coefficient (Wildman–Crippen LogP) is 2.33. The number of nitrogens with zero attached hydrogens (tertiary/aromatic N) is 2. The molecule has 0 aliphatic carbocycles. The first kappa shape index (κ1) is 25.7. The largest absolute Gasteiger partial charge is 0.493 e. The Bertz CT molecular complexity index is 1090. The number of anilines is 1. The number of piperazine rings is 1. The number of sulfonamides is 1. The highest BCUT2D eigenvalue weighted by Gasteiger charge is 2.33. The molecule has 0 saturated carbocycles. The van der Waals surface area contributed by atoms with Crippen LogP contribution in [-0.4, -0.2) is 77.6 Å². The van der Waals surface area contributed by atoms with Crippen molar-refractivity contribution in [2.24, 2.45) is 0 Å². The molecule has 1 saturated heterocycles. The first-order chi connectivity index (χ1) is 16.2. The molecule has 2 aromatic carbocycles. The molecule has 9 nitrogen and oxygen atoms in total. The smallest absolute Gasteiger partial charge is 0.249 e. The number of nitrogens with one attached hydrogen (secondary N) is 1. The van der Waals surface area contributed by atoms with E-state index in [0.717, 1.165) is 22.5 Å². The van der Waals surface area contributed by atoms with Gasteiger partial charge >= 0.3 is 0 Å². The van der Waals surface area contributed by atoms with Crippen LogP contribution in [0.15, 0.2) is 35.2 Å². The number of carbonyl (C=O) groups excluding carboxylic acids is 1. The summed E-state index contributed by atoms with van der Waals surface area (Å²) in [6, 6.07) is 6.18. The van der Waals surface area contributed by atoms with E-state index in [1.54, 1.807) is 12.1 Å². The lowest BCUT2D eigenvalue weighted by Crippen LogP contribution is -2.49. The molecule has 1 amide bonds. The summed E-state index contributed by atoms with van der Waals surface area (Å²) in [4.78, 5) is 13.4. The summed E-state index contributed by atoms with van der Waals surface area (Å²) < 4.78 is 70.2. The third-order valence-corrected chi connectivity index (χ3v) is 7.40. The lowest BCUT2D eigenvalue weighted by atomic mass is 10.2. The van der Waals surface area contributed by atoms with Crippen molar-refractivity contribution in [2.45, 2.75) is 11.3 Å². The standard InChI is InChI=1S/C22H27F2N3O6S/c1-31-18-13-15(14-19(32-2)21(18)33-3)25-20(28)7-8-26-9-11-27(12-10-26)34(29,30)22-16(23)5-4-6-17(22)24/h4-6,13-14H,7-12H2,1-3H3,(H,25,28). The maximum Gasteiger partial charge on any atom is 0.249 e. The average molecular weight is 500 g/mol. The van der Waals surface area contributed by atoms with Crippen LogP contribution >= 0.6 is 0 Å². The van der Waals surface area contributed by atoms with Crippen LogP contribution in [0, 0.1) is 11.6 Å². The highest BCUT2D eigenvalue weighted by Crippen LogP contribution is 2.39. The Morgan fingerprint density at radius 1 is 0.971 bits per heavy atom. The Labute approximate surface area is 197 Å². The van der Waals surface area contributed by atoms with Gasteiger partial charge in [-0.3, -0.25) is 4.79 Å². The van der Waals surface area contributed by atoms with E-state index in [0.29, 0.717) is 42.6 Å². The summed E-state index contributed by atoms with van der Waals surface area (Å²) >= 11 is 0. The van der Waals surface area contributed by atoms with Crippen molar-refractivity contribution in [3.05, 3.63) is 42.0 Å². The summed E-state index contributed by atoms with van der Waals surface area (Å²) in [5.74, 6) is -1.28. The molecule has 3 rings (SSSR count). The first-order valence-electron chi connectivity index (χ1n) is 10.5. The Morgan fingerprint density at radius 3 is 2.03 bits per heavy atom. The van der Waals surface area contributed by atoms with Crippen molar-refractivity contribution in [3.63, 3.8) is 0 Å². The molecule has 1 fully saturated rings. The van der Waals surface area contributed by atoms with Gasteiger partial charge in [-0.05, 0) is 12.1 Å². The molecule has 1 aliphatic heterocycles. The molecule has 2 aromatic rings. The van der Waals surface area contributed by atoms with E-state index < -0.39 is 26.6 Å². The quantitative estimate of drug-likeness (QED) is 0.566. The number of methoxy groups -OCH3 is 3. The van der Waals surface area contributed by atoms with Gasteiger partial charge in [-0.1, -0.05) is 6.07 Å². The normalized spacial score (nSPS) is 15.1. The molecular weight excluding hydrogens is 472 g/mol. The summed E-state index contributed by atoms with van der Waals surface area (Å²) in [5, 5.41) is 2.78. The topological polar surface area (TPSA) is 97.4 Å². The maximum absolute atomic E-state index is 14.0. The number of halogens is 2. The van der Waals surface area contributed by atoms with E-state index in [-0.39, 0.29) is 25.4 Å². The number of amides is 1. The van der Waals surface area contributed by atoms with Crippen LogP contribution in [0.5, 0.6) is 17.2 Å². The van der Waals surface area contributed by atoms with Gasteiger partial charge in [0.2, 0.25) is 21.7 Å². The molecule has 0 unspecified atom stereocenters. The van der Waals surface area contributed by atoms with Crippen LogP contribution in [0.4, 0.5) is 14.5 Å². The number of hydrogen-bond acceptors (Lipinski definition) is 7. The van der Waals surface area contributed by atoms with Crippen LogP contribution in [0.2, 0.25) is 0 Å². The minimum atomic E-state index is -4.29. The van der Waals surface area contributed by atoms with Gasteiger partial charge in [0, 0.05) is 57.0 Å². The number of benzene rings is 2. The molecule has 1 aliphatic rings. The van der Waals surface area contributed by atoms with Crippen LogP contribution in [-0.2, 0) is 14.8 Å². The second-order valence-corrected chi connectivity index (χ2v) is 9.38. The summed E-state index contributed by atoms with van der Waals surface area (Å²) in [5.41, 5.74) is 0.474. The van der Waals surface area contributed by atoms with Gasteiger partial charge in [-0.2, -0.15) is 4.31 Å². The molecule has 0 radical (unpaired) electrons. The maximum atomic E-state index is 14.0. The summed E-state index contributed by atoms with van der Waals surface area (Å²) in [7, 11) is 0.139. The van der Waals surface area contributed by atoms with E-state index in [4.69, 9.17) is 14.2 Å². The van der Waals surface area contributed by atoms with Gasteiger partial charge in [0.05, 0.1) is 21.3 Å². The van der Waals surface area contributed by atoms with E-state index in [9.17, 15) is 22.0 Å². The highest BCUT2D eigenvalue weighted by molar-refractivity contribution is 7.89. The van der Waals surface area contributed by atoms with Crippen LogP contribution in [0.1, 0.15) is 6.42 Å². The molecule has 1 heterocycles. The number of hydrogen-bond donors (Lipinski definition) is 1. The molecule has 186 valence electrons. The van der Waals surface area contributed by atoms with Crippen molar-refractivity contribution < 1.29 is 36.2 Å². The molecule has 0 bridgehead atoms. The number of ether oxygens (including phenoxy) is 3. The van der Waals surface area contributed by atoms with Crippen LogP contribution in [0.3, 0.4) is 0 Å². The third-order valence-electron chi connectivity index (χ3n) is 5.45. The van der Waals surface area contributed by atoms with Gasteiger partial charge in [0.15, 0.2) is 16.4 Å². The van der Waals surface area contributed by atoms with E-state index in [1.807, 2.05) is 4.90 Å². The fourth-order valence-electron chi connectivity index (χ4n) is 3.69. The lowest BCUT2D eigenvalue weighted by Gasteiger charge is -2.33. The Hall–Kier alpha value is -2.96. The van der Waals surface area contributed by atoms with Crippen LogP contribution < -0.4 is 19.5 Å². The molecule has 12 heteroatoms. The van der Waals surface area contributed by atoms with Gasteiger partial charge in [-0.25, -0.2) is 17.2 Å². The summed E-state index contributed by atoms with van der Waals surface area (Å²) in [6.45, 7) is 1.16. The fourth-order valence-corrected chi connectivity index (χ4v) is 5.22. The van der Waals surface area contributed by atoms with Crippen LogP contribution in [0.25, 0.3) is 0 Å². The minimum Gasteiger partial charge on any atom is -0.493 e.